The fraction of sp³-hybridized carbons (Fsp3) is 0.318. The number of fused-ring (bicyclic) bond motifs is 1. The Balaban J connectivity index is 0.000000521. The maximum Gasteiger partial charge on any atom is 0.111 e. The minimum Gasteiger partial charge on any atom is -0.299 e. The summed E-state index contributed by atoms with van der Waals surface area (Å²) >= 11 is 0. The predicted molar refractivity (Wildman–Crippen MR) is 109 cm³/mol. The van der Waals surface area contributed by atoms with E-state index in [1.54, 1.807) is 0 Å². The van der Waals surface area contributed by atoms with E-state index in [9.17, 15) is 0 Å². The maximum absolute atomic E-state index is 4.67. The second kappa shape index (κ2) is 9.71. The van der Waals surface area contributed by atoms with E-state index in [1.807, 2.05) is 39.0 Å². The number of anilines is 1. The predicted octanol–water partition coefficient (Wildman–Crippen LogP) is 6.98. The lowest BCUT2D eigenvalue weighted by atomic mass is 10.1. The highest BCUT2D eigenvalue weighted by atomic mass is 15.2. The summed E-state index contributed by atoms with van der Waals surface area (Å²) in [6.07, 6.45) is 1.25. The lowest BCUT2D eigenvalue weighted by Gasteiger charge is -2.31. The number of benzene rings is 2. The van der Waals surface area contributed by atoms with E-state index in [0.29, 0.717) is 0 Å². The van der Waals surface area contributed by atoms with Crippen molar-refractivity contribution in [2.75, 3.05) is 4.90 Å². The zero-order valence-electron chi connectivity index (χ0n) is 15.9. The Labute approximate surface area is 147 Å². The number of nitrogens with zero attached hydrogens (tertiary/aromatic N) is 2. The van der Waals surface area contributed by atoms with E-state index >= 15 is 0 Å². The van der Waals surface area contributed by atoms with Crippen LogP contribution in [0.4, 0.5) is 11.4 Å². The fourth-order valence-corrected chi connectivity index (χ4v) is 2.46. The molecule has 2 aromatic rings. The monoisotopic (exact) mass is 322 g/mol. The van der Waals surface area contributed by atoms with Gasteiger partial charge in [-0.3, -0.25) is 4.90 Å². The molecular formula is C22H30N2. The molecule has 0 fully saturated rings. The normalized spacial score (nSPS) is 12.2. The Kier molecular flexibility index (Phi) is 7.97. The minimum absolute atomic E-state index is 0.953. The highest BCUT2D eigenvalue weighted by molar-refractivity contribution is 6.11. The van der Waals surface area contributed by atoms with Gasteiger partial charge in [-0.25, -0.2) is 4.99 Å². The molecule has 3 rings (SSSR count). The van der Waals surface area contributed by atoms with Gasteiger partial charge in [0.05, 0.1) is 5.69 Å². The first-order chi connectivity index (χ1) is 11.6. The molecule has 0 saturated carbocycles. The Hall–Kier alpha value is -2.35. The zero-order valence-corrected chi connectivity index (χ0v) is 15.9. The molecule has 0 amide bonds. The summed E-state index contributed by atoms with van der Waals surface area (Å²) in [5.41, 5.74) is 5.41. The number of amidine groups is 1. The molecule has 0 aliphatic carbocycles. The molecule has 24 heavy (non-hydrogen) atoms. The first kappa shape index (κ1) is 19.7. The van der Waals surface area contributed by atoms with E-state index in [4.69, 9.17) is 0 Å². The van der Waals surface area contributed by atoms with Gasteiger partial charge in [0.1, 0.15) is 5.84 Å². The third kappa shape index (κ3) is 4.58. The molecule has 0 aromatic heterocycles. The number of rotatable bonds is 1. The molecule has 0 atom stereocenters. The van der Waals surface area contributed by atoms with E-state index in [0.717, 1.165) is 28.5 Å². The molecule has 2 heteroatoms. The SMILES string of the molecule is C=C1c2ccccc2N=C(C)N1c1cccc(C)c1.CC.CCC. The van der Waals surface area contributed by atoms with Crippen LogP contribution in [0.5, 0.6) is 0 Å². The van der Waals surface area contributed by atoms with Gasteiger partial charge in [0.25, 0.3) is 0 Å². The summed E-state index contributed by atoms with van der Waals surface area (Å²) in [4.78, 5) is 6.77. The molecule has 1 aliphatic heterocycles. The average Bonchev–Trinajstić information content (AvgIpc) is 2.57. The van der Waals surface area contributed by atoms with Crippen LogP contribution in [-0.2, 0) is 0 Å². The van der Waals surface area contributed by atoms with Gasteiger partial charge in [0.2, 0.25) is 0 Å². The lowest BCUT2D eigenvalue weighted by Crippen LogP contribution is -2.28. The van der Waals surface area contributed by atoms with Crippen molar-refractivity contribution >= 4 is 22.9 Å². The van der Waals surface area contributed by atoms with E-state index in [-0.39, 0.29) is 0 Å². The van der Waals surface area contributed by atoms with Crippen LogP contribution in [0.2, 0.25) is 0 Å². The Bertz CT molecular complexity index is 699. The molecule has 0 N–H and O–H groups in total. The molecule has 0 spiro atoms. The third-order valence-corrected chi connectivity index (χ3v) is 3.35. The minimum atomic E-state index is 0.953. The Morgan fingerprint density at radius 1 is 0.958 bits per heavy atom. The summed E-state index contributed by atoms with van der Waals surface area (Å²) in [7, 11) is 0. The van der Waals surface area contributed by atoms with Crippen molar-refractivity contribution in [2.45, 2.75) is 48.0 Å². The summed E-state index contributed by atoms with van der Waals surface area (Å²) in [5.74, 6) is 0.953. The van der Waals surface area contributed by atoms with E-state index in [2.05, 4.69) is 67.6 Å². The Morgan fingerprint density at radius 2 is 1.58 bits per heavy atom. The van der Waals surface area contributed by atoms with Gasteiger partial charge in [-0.05, 0) is 37.6 Å². The molecule has 0 saturated heterocycles. The van der Waals surface area contributed by atoms with Gasteiger partial charge in [-0.1, -0.05) is 71.0 Å². The zero-order chi connectivity index (χ0) is 18.1. The van der Waals surface area contributed by atoms with Gasteiger partial charge < -0.3 is 0 Å². The lowest BCUT2D eigenvalue weighted by molar-refractivity contribution is 1.09. The van der Waals surface area contributed by atoms with Gasteiger partial charge in [0, 0.05) is 16.9 Å². The number of hydrogen-bond acceptors (Lipinski definition) is 2. The smallest absolute Gasteiger partial charge is 0.111 e. The van der Waals surface area contributed by atoms with Crippen molar-refractivity contribution in [2.24, 2.45) is 4.99 Å². The standard InChI is InChI=1S/C17H16N2.C3H8.C2H6/c1-12-7-6-8-15(11-12)19-13(2)16-9-4-5-10-17(16)18-14(19)3;1-3-2;1-2/h4-11H,2H2,1,3H3;3H2,1-2H3;1-2H3. The van der Waals surface area contributed by atoms with E-state index in [1.165, 1.54) is 12.0 Å². The van der Waals surface area contributed by atoms with Crippen LogP contribution in [0, 0.1) is 6.92 Å². The van der Waals surface area contributed by atoms with Crippen LogP contribution in [-0.4, -0.2) is 5.84 Å². The number of hydrogen-bond donors (Lipinski definition) is 0. The summed E-state index contributed by atoms with van der Waals surface area (Å²) in [6.45, 7) is 16.6. The summed E-state index contributed by atoms with van der Waals surface area (Å²) < 4.78 is 0. The van der Waals surface area contributed by atoms with Gasteiger partial charge in [0.15, 0.2) is 0 Å². The van der Waals surface area contributed by atoms with Crippen molar-refractivity contribution in [1.29, 1.82) is 0 Å². The molecule has 2 aromatic carbocycles. The number of aryl methyl sites for hydroxylation is 1. The van der Waals surface area contributed by atoms with Crippen molar-refractivity contribution in [3.8, 4) is 0 Å². The van der Waals surface area contributed by atoms with Crippen molar-refractivity contribution < 1.29 is 0 Å². The molecule has 0 unspecified atom stereocenters. The van der Waals surface area contributed by atoms with E-state index < -0.39 is 0 Å². The Morgan fingerprint density at radius 3 is 2.21 bits per heavy atom. The number of aliphatic imine (C=N–C) groups is 1. The quantitative estimate of drug-likeness (QED) is 0.553. The van der Waals surface area contributed by atoms with Crippen LogP contribution in [0.1, 0.15) is 52.2 Å². The largest absolute Gasteiger partial charge is 0.299 e. The molecular weight excluding hydrogens is 292 g/mol. The second-order valence-electron chi connectivity index (χ2n) is 5.50. The van der Waals surface area contributed by atoms with Gasteiger partial charge in [-0.2, -0.15) is 0 Å². The van der Waals surface area contributed by atoms with Crippen molar-refractivity contribution in [3.63, 3.8) is 0 Å². The van der Waals surface area contributed by atoms with Crippen molar-refractivity contribution in [1.82, 2.24) is 0 Å². The highest BCUT2D eigenvalue weighted by Gasteiger charge is 2.21. The molecule has 0 radical (unpaired) electrons. The molecule has 1 aliphatic rings. The third-order valence-electron chi connectivity index (χ3n) is 3.35. The van der Waals surface area contributed by atoms with Gasteiger partial charge in [-0.15, -0.1) is 0 Å². The van der Waals surface area contributed by atoms with Crippen LogP contribution in [0.25, 0.3) is 5.70 Å². The average molecular weight is 322 g/mol. The van der Waals surface area contributed by atoms with Crippen LogP contribution in [0.3, 0.4) is 0 Å². The summed E-state index contributed by atoms with van der Waals surface area (Å²) in [5, 5.41) is 0. The van der Waals surface area contributed by atoms with Crippen LogP contribution >= 0.6 is 0 Å². The number of para-hydroxylation sites is 1. The van der Waals surface area contributed by atoms with Crippen molar-refractivity contribution in [3.05, 3.63) is 66.2 Å². The highest BCUT2D eigenvalue weighted by Crippen LogP contribution is 2.36. The maximum atomic E-state index is 4.67. The fourth-order valence-electron chi connectivity index (χ4n) is 2.46. The first-order valence-electron chi connectivity index (χ1n) is 8.78. The molecule has 1 heterocycles. The topological polar surface area (TPSA) is 15.6 Å². The van der Waals surface area contributed by atoms with Gasteiger partial charge >= 0.3 is 0 Å². The second-order valence-corrected chi connectivity index (χ2v) is 5.50. The first-order valence-corrected chi connectivity index (χ1v) is 8.78. The summed E-state index contributed by atoms with van der Waals surface area (Å²) in [6, 6.07) is 16.5. The molecule has 0 bridgehead atoms. The van der Waals surface area contributed by atoms with Crippen LogP contribution in [0.15, 0.2) is 60.1 Å². The molecule has 2 nitrogen and oxygen atoms in total. The molecule has 128 valence electrons. The van der Waals surface area contributed by atoms with Crippen LogP contribution < -0.4 is 4.90 Å².